The van der Waals surface area contributed by atoms with Gasteiger partial charge in [-0.05, 0) is 78.2 Å². The number of nitrogens with one attached hydrogen (secondary N) is 2. The van der Waals surface area contributed by atoms with Crippen LogP contribution in [0.15, 0.2) is 105 Å². The van der Waals surface area contributed by atoms with E-state index in [4.69, 9.17) is 10.5 Å². The van der Waals surface area contributed by atoms with Gasteiger partial charge in [-0.25, -0.2) is 15.0 Å². The summed E-state index contributed by atoms with van der Waals surface area (Å²) in [4.78, 5) is 31.3. The Kier molecular flexibility index (Phi) is 8.26. The van der Waals surface area contributed by atoms with Gasteiger partial charge < -0.3 is 10.6 Å². The largest absolute Gasteiger partial charge is 0.339 e. The monoisotopic (exact) mass is 610 g/mol. The van der Waals surface area contributed by atoms with E-state index in [1.807, 2.05) is 54.6 Å². The molecule has 0 fully saturated rings. The van der Waals surface area contributed by atoms with Crippen LogP contribution in [0.5, 0.6) is 0 Å². The maximum Gasteiger partial charge on any atom is 0.255 e. The van der Waals surface area contributed by atoms with Crippen molar-refractivity contribution < 1.29 is 4.79 Å². The van der Waals surface area contributed by atoms with E-state index in [1.165, 1.54) is 18.1 Å². The molecule has 5 aromatic rings. The third-order valence-electron chi connectivity index (χ3n) is 5.93. The maximum absolute atomic E-state index is 13.2. The molecule has 0 atom stereocenters. The van der Waals surface area contributed by atoms with Crippen LogP contribution < -0.4 is 10.6 Å². The molecule has 0 spiro atoms. The number of aromatic nitrogens is 3. The number of carbonyl (C=O) groups is 1. The quantitative estimate of drug-likeness (QED) is 0.102. The molecule has 0 bridgehead atoms. The number of amides is 1. The standard InChI is InChI=1S/C29H23BrN8OS/c1-17(2)24-13-12-23-27(35-24)32-16-33-28(23)36-25-15-18(29(39)34-20-6-4-19(30)5-7-20)3-14-26(25)40-22-10-8-21(9-11-22)37-38-31/h3-17H,1-2H3,(H,34,39)(H,32,33,35,36). The number of rotatable bonds is 8. The van der Waals surface area contributed by atoms with E-state index in [0.29, 0.717) is 34.1 Å². The van der Waals surface area contributed by atoms with E-state index in [-0.39, 0.29) is 11.8 Å². The number of fused-ring (bicyclic) bond motifs is 1. The Morgan fingerprint density at radius 1 is 1.00 bits per heavy atom. The molecule has 11 heteroatoms. The average molecular weight is 612 g/mol. The second-order valence-corrected chi connectivity index (χ2v) is 11.1. The molecule has 0 aliphatic heterocycles. The lowest BCUT2D eigenvalue weighted by Gasteiger charge is -2.15. The molecule has 2 N–H and O–H groups in total. The second kappa shape index (κ2) is 12.2. The van der Waals surface area contributed by atoms with E-state index >= 15 is 0 Å². The molecule has 0 saturated heterocycles. The highest BCUT2D eigenvalue weighted by atomic mass is 79.9. The minimum absolute atomic E-state index is 0.239. The molecule has 0 radical (unpaired) electrons. The Morgan fingerprint density at radius 2 is 1.77 bits per heavy atom. The lowest BCUT2D eigenvalue weighted by molar-refractivity contribution is 0.102. The van der Waals surface area contributed by atoms with Gasteiger partial charge in [-0.3, -0.25) is 4.79 Å². The van der Waals surface area contributed by atoms with Crippen LogP contribution in [0.1, 0.15) is 35.8 Å². The smallest absolute Gasteiger partial charge is 0.255 e. The third kappa shape index (κ3) is 6.40. The summed E-state index contributed by atoms with van der Waals surface area (Å²) in [7, 11) is 0. The van der Waals surface area contributed by atoms with Crippen molar-refractivity contribution in [2.75, 3.05) is 10.6 Å². The number of hydrogen-bond acceptors (Lipinski definition) is 7. The second-order valence-electron chi connectivity index (χ2n) is 9.07. The molecule has 0 unspecified atom stereocenters. The fourth-order valence-corrected chi connectivity index (χ4v) is 5.01. The number of anilines is 3. The molecule has 0 aliphatic rings. The molecule has 198 valence electrons. The Hall–Kier alpha value is -4.44. The minimum Gasteiger partial charge on any atom is -0.339 e. The highest BCUT2D eigenvalue weighted by Gasteiger charge is 2.15. The van der Waals surface area contributed by atoms with Crippen LogP contribution in [-0.2, 0) is 0 Å². The first-order valence-electron chi connectivity index (χ1n) is 12.3. The highest BCUT2D eigenvalue weighted by Crippen LogP contribution is 2.37. The summed E-state index contributed by atoms with van der Waals surface area (Å²) >= 11 is 4.92. The number of carbonyl (C=O) groups excluding carboxylic acids is 1. The predicted molar refractivity (Wildman–Crippen MR) is 163 cm³/mol. The van der Waals surface area contributed by atoms with Gasteiger partial charge in [0, 0.05) is 41.8 Å². The van der Waals surface area contributed by atoms with E-state index in [2.05, 4.69) is 60.4 Å². The SMILES string of the molecule is CC(C)c1ccc2c(Nc3cc(C(=O)Nc4ccc(Br)cc4)ccc3Sc3ccc(N=[N+]=[N-])cc3)ncnc2n1. The zero-order chi connectivity index (χ0) is 28.1. The fraction of sp³-hybridized carbons (Fsp3) is 0.103. The van der Waals surface area contributed by atoms with E-state index in [9.17, 15) is 4.79 Å². The molecular formula is C29H23BrN8OS. The van der Waals surface area contributed by atoms with Crippen molar-refractivity contribution in [2.45, 2.75) is 29.6 Å². The van der Waals surface area contributed by atoms with Gasteiger partial charge in [0.1, 0.15) is 12.1 Å². The van der Waals surface area contributed by atoms with Crippen LogP contribution in [0, 0.1) is 0 Å². The molecular weight excluding hydrogens is 588 g/mol. The van der Waals surface area contributed by atoms with E-state index < -0.39 is 0 Å². The highest BCUT2D eigenvalue weighted by molar-refractivity contribution is 9.10. The van der Waals surface area contributed by atoms with Crippen molar-refractivity contribution in [1.82, 2.24) is 15.0 Å². The molecule has 2 heterocycles. The van der Waals surface area contributed by atoms with Crippen molar-refractivity contribution in [3.63, 3.8) is 0 Å². The Bertz CT molecular complexity index is 1740. The average Bonchev–Trinajstić information content (AvgIpc) is 2.96. The Labute approximate surface area is 243 Å². The maximum atomic E-state index is 13.2. The van der Waals surface area contributed by atoms with Gasteiger partial charge in [0.2, 0.25) is 0 Å². The normalized spacial score (nSPS) is 10.8. The number of azide groups is 1. The van der Waals surface area contributed by atoms with Crippen LogP contribution in [0.2, 0.25) is 0 Å². The first kappa shape index (κ1) is 27.1. The first-order valence-corrected chi connectivity index (χ1v) is 13.9. The Morgan fingerprint density at radius 3 is 2.50 bits per heavy atom. The lowest BCUT2D eigenvalue weighted by atomic mass is 10.1. The molecule has 3 aromatic carbocycles. The van der Waals surface area contributed by atoms with Gasteiger partial charge in [-0.15, -0.1) is 0 Å². The van der Waals surface area contributed by atoms with Crippen molar-refractivity contribution >= 4 is 67.5 Å². The fourth-order valence-electron chi connectivity index (χ4n) is 3.86. The van der Waals surface area contributed by atoms with Gasteiger partial charge in [-0.1, -0.05) is 58.8 Å². The van der Waals surface area contributed by atoms with Crippen molar-refractivity contribution in [3.8, 4) is 0 Å². The van der Waals surface area contributed by atoms with Crippen LogP contribution >= 0.6 is 27.7 Å². The van der Waals surface area contributed by atoms with Gasteiger partial charge in [0.05, 0.1) is 11.1 Å². The summed E-state index contributed by atoms with van der Waals surface area (Å²) in [5.41, 5.74) is 12.6. The van der Waals surface area contributed by atoms with Crippen molar-refractivity contribution in [2.24, 2.45) is 5.11 Å². The van der Waals surface area contributed by atoms with Gasteiger partial charge in [0.15, 0.2) is 5.65 Å². The van der Waals surface area contributed by atoms with Gasteiger partial charge in [-0.2, -0.15) is 0 Å². The lowest BCUT2D eigenvalue weighted by Crippen LogP contribution is -2.12. The molecule has 5 rings (SSSR count). The molecule has 40 heavy (non-hydrogen) atoms. The minimum atomic E-state index is -0.239. The van der Waals surface area contributed by atoms with Crippen LogP contribution in [0.4, 0.5) is 22.9 Å². The summed E-state index contributed by atoms with van der Waals surface area (Å²) in [5, 5.41) is 10.8. The zero-order valence-electron chi connectivity index (χ0n) is 21.5. The molecule has 2 aromatic heterocycles. The Balaban J connectivity index is 1.51. The molecule has 1 amide bonds. The molecule has 0 aliphatic carbocycles. The predicted octanol–water partition coefficient (Wildman–Crippen LogP) is 9.00. The van der Waals surface area contributed by atoms with Gasteiger partial charge in [0.25, 0.3) is 5.91 Å². The number of pyridine rings is 1. The first-order chi connectivity index (χ1) is 19.4. The summed E-state index contributed by atoms with van der Waals surface area (Å²) in [5.74, 6) is 0.611. The van der Waals surface area contributed by atoms with Crippen molar-refractivity contribution in [3.05, 3.63) is 111 Å². The van der Waals surface area contributed by atoms with Crippen LogP contribution in [0.3, 0.4) is 0 Å². The topological polar surface area (TPSA) is 129 Å². The number of halogens is 1. The van der Waals surface area contributed by atoms with E-state index in [1.54, 1.807) is 24.3 Å². The van der Waals surface area contributed by atoms with Gasteiger partial charge >= 0.3 is 0 Å². The molecule has 0 saturated carbocycles. The third-order valence-corrected chi connectivity index (χ3v) is 7.54. The summed E-state index contributed by atoms with van der Waals surface area (Å²) in [6.45, 7) is 4.17. The van der Waals surface area contributed by atoms with Crippen LogP contribution in [0.25, 0.3) is 21.5 Å². The molecule has 9 nitrogen and oxygen atoms in total. The zero-order valence-corrected chi connectivity index (χ0v) is 23.9. The van der Waals surface area contributed by atoms with E-state index in [0.717, 1.165) is 25.3 Å². The summed E-state index contributed by atoms with van der Waals surface area (Å²) < 4.78 is 0.929. The number of nitrogens with zero attached hydrogens (tertiary/aromatic N) is 6. The summed E-state index contributed by atoms with van der Waals surface area (Å²) in [6, 6.07) is 24.1. The number of hydrogen-bond donors (Lipinski definition) is 2. The van der Waals surface area contributed by atoms with Crippen LogP contribution in [-0.4, -0.2) is 20.9 Å². The number of benzene rings is 3. The van der Waals surface area contributed by atoms with Crippen molar-refractivity contribution in [1.29, 1.82) is 0 Å². The summed E-state index contributed by atoms with van der Waals surface area (Å²) in [6.07, 6.45) is 1.48.